The van der Waals surface area contributed by atoms with Crippen LogP contribution in [0.4, 0.5) is 0 Å². The first-order chi connectivity index (χ1) is 13.1. The van der Waals surface area contributed by atoms with Gasteiger partial charge in [-0.3, -0.25) is 4.79 Å². The highest BCUT2D eigenvalue weighted by Gasteiger charge is 2.30. The number of hydrogen-bond donors (Lipinski definition) is 2. The Morgan fingerprint density at radius 3 is 2.43 bits per heavy atom. The van der Waals surface area contributed by atoms with Crippen LogP contribution in [0.5, 0.6) is 0 Å². The number of nitrogens with zero attached hydrogens (tertiary/aromatic N) is 1. The number of thiazole rings is 1. The number of carbonyl (C=O) groups excluding carboxylic acids is 2. The van der Waals surface area contributed by atoms with Crippen LogP contribution in [-0.2, 0) is 14.3 Å². The van der Waals surface area contributed by atoms with Crippen molar-refractivity contribution in [3.63, 3.8) is 0 Å². The summed E-state index contributed by atoms with van der Waals surface area (Å²) in [7, 11) is 0. The number of nitrogens with one attached hydrogen (secondary N) is 1. The van der Waals surface area contributed by atoms with Crippen LogP contribution in [0.1, 0.15) is 77.7 Å². The molecule has 9 heteroatoms. The van der Waals surface area contributed by atoms with Crippen molar-refractivity contribution in [3.05, 3.63) is 15.6 Å². The van der Waals surface area contributed by atoms with E-state index in [9.17, 15) is 9.59 Å². The third kappa shape index (κ3) is 5.89. The van der Waals surface area contributed by atoms with Gasteiger partial charge in [0.25, 0.3) is 5.91 Å². The summed E-state index contributed by atoms with van der Waals surface area (Å²) in [5, 5.41) is 4.42. The van der Waals surface area contributed by atoms with Crippen molar-refractivity contribution in [3.8, 4) is 0 Å². The number of nitrogens with two attached hydrogens (primary N) is 1. The summed E-state index contributed by atoms with van der Waals surface area (Å²) in [5.41, 5.74) is 6.08. The molecule has 0 spiro atoms. The maximum absolute atomic E-state index is 11.9. The Bertz CT molecular complexity index is 656. The summed E-state index contributed by atoms with van der Waals surface area (Å²) >= 11 is 1.67. The minimum Gasteiger partial charge on any atom is -0.464 e. The van der Waals surface area contributed by atoms with Crippen LogP contribution >= 0.6 is 23.7 Å². The molecule has 0 bridgehead atoms. The normalized spacial score (nSPS) is 23.0. The molecule has 1 aliphatic carbocycles. The van der Waals surface area contributed by atoms with Crippen molar-refractivity contribution in [1.29, 1.82) is 0 Å². The van der Waals surface area contributed by atoms with Gasteiger partial charge in [-0.05, 0) is 64.5 Å². The minimum atomic E-state index is -0.429. The van der Waals surface area contributed by atoms with E-state index in [1.54, 1.807) is 18.3 Å². The fourth-order valence-corrected chi connectivity index (χ4v) is 5.34. The van der Waals surface area contributed by atoms with E-state index in [-0.39, 0.29) is 31.1 Å². The number of rotatable bonds is 7. The van der Waals surface area contributed by atoms with Gasteiger partial charge in [-0.2, -0.15) is 0 Å². The molecule has 1 saturated carbocycles. The summed E-state index contributed by atoms with van der Waals surface area (Å²) in [6.07, 6.45) is 5.74. The van der Waals surface area contributed by atoms with Crippen molar-refractivity contribution in [1.82, 2.24) is 10.3 Å². The van der Waals surface area contributed by atoms with Crippen molar-refractivity contribution in [2.45, 2.75) is 63.4 Å². The van der Waals surface area contributed by atoms with E-state index in [1.807, 2.05) is 0 Å². The van der Waals surface area contributed by atoms with Crippen LogP contribution in [-0.4, -0.2) is 49.3 Å². The molecule has 1 saturated heterocycles. The Hall–Kier alpha value is -1.22. The zero-order chi connectivity index (χ0) is 19.2. The molecule has 2 fully saturated rings. The zero-order valence-electron chi connectivity index (χ0n) is 16.3. The molecular weight excluding hydrogens is 402 g/mol. The first kappa shape index (κ1) is 23.1. The molecule has 2 heterocycles. The number of carbonyl (C=O) groups is 2. The molecule has 1 aromatic rings. The van der Waals surface area contributed by atoms with Crippen molar-refractivity contribution in [2.75, 3.05) is 26.3 Å². The van der Waals surface area contributed by atoms with E-state index in [2.05, 4.69) is 10.3 Å². The van der Waals surface area contributed by atoms with Gasteiger partial charge >= 0.3 is 5.97 Å². The quantitative estimate of drug-likeness (QED) is 0.643. The summed E-state index contributed by atoms with van der Waals surface area (Å²) < 4.78 is 10.6. The Morgan fingerprint density at radius 1 is 1.14 bits per heavy atom. The van der Waals surface area contributed by atoms with Gasteiger partial charge in [0.05, 0.1) is 17.7 Å². The smallest absolute Gasteiger partial charge is 0.332 e. The molecule has 7 nitrogen and oxygen atoms in total. The number of esters is 1. The van der Waals surface area contributed by atoms with Gasteiger partial charge in [-0.1, -0.05) is 0 Å². The first-order valence-electron chi connectivity index (χ1n) is 9.86. The summed E-state index contributed by atoms with van der Waals surface area (Å²) in [5.74, 6) is -0.0258. The highest BCUT2D eigenvalue weighted by atomic mass is 35.5. The molecule has 158 valence electrons. The van der Waals surface area contributed by atoms with Gasteiger partial charge < -0.3 is 20.5 Å². The van der Waals surface area contributed by atoms with Crippen LogP contribution < -0.4 is 11.1 Å². The molecule has 0 aromatic carbocycles. The molecule has 28 heavy (non-hydrogen) atoms. The lowest BCUT2D eigenvalue weighted by Gasteiger charge is -2.28. The van der Waals surface area contributed by atoms with Gasteiger partial charge in [-0.15, -0.1) is 23.7 Å². The predicted octanol–water partition coefficient (Wildman–Crippen LogP) is 2.74. The molecule has 1 aliphatic heterocycles. The van der Waals surface area contributed by atoms with Gasteiger partial charge in [0, 0.05) is 10.8 Å². The largest absolute Gasteiger partial charge is 0.464 e. The van der Waals surface area contributed by atoms with Crippen molar-refractivity contribution < 1.29 is 19.1 Å². The van der Waals surface area contributed by atoms with Crippen LogP contribution in [0.3, 0.4) is 0 Å². The van der Waals surface area contributed by atoms with Crippen LogP contribution in [0.25, 0.3) is 0 Å². The fourth-order valence-electron chi connectivity index (χ4n) is 3.93. The number of primary amides is 1. The van der Waals surface area contributed by atoms with Gasteiger partial charge in [0.2, 0.25) is 0 Å². The van der Waals surface area contributed by atoms with Gasteiger partial charge in [-0.25, -0.2) is 9.78 Å². The number of hydrogen-bond acceptors (Lipinski definition) is 7. The lowest BCUT2D eigenvalue weighted by molar-refractivity contribution is -0.151. The van der Waals surface area contributed by atoms with E-state index >= 15 is 0 Å². The molecule has 1 amide bonds. The number of piperidine rings is 1. The fraction of sp³-hybridized carbons (Fsp3) is 0.737. The summed E-state index contributed by atoms with van der Waals surface area (Å²) in [6.45, 7) is 4.15. The molecule has 3 rings (SSSR count). The molecular formula is C19H30ClN3O4S. The Kier molecular flexibility index (Phi) is 9.14. The average molecular weight is 432 g/mol. The summed E-state index contributed by atoms with van der Waals surface area (Å²) in [6, 6.07) is 0. The average Bonchev–Trinajstić information content (AvgIpc) is 3.13. The Balaban J connectivity index is 0.00000280. The van der Waals surface area contributed by atoms with Crippen LogP contribution in [0.2, 0.25) is 0 Å². The van der Waals surface area contributed by atoms with E-state index < -0.39 is 5.91 Å². The molecule has 0 unspecified atom stereocenters. The lowest BCUT2D eigenvalue weighted by Crippen LogP contribution is -2.26. The van der Waals surface area contributed by atoms with E-state index in [0.29, 0.717) is 24.1 Å². The standard InChI is InChI=1S/C19H29N3O4S.ClH/c1-2-25-15(23)11-26-14-5-3-12(4-6-14)17-16(18(20)24)22-19(27-17)13-7-9-21-10-8-13;/h12-14,21H,2-11H2,1H3,(H2,20,24);1H/t12-,14-;. The second-order valence-corrected chi connectivity index (χ2v) is 8.31. The monoisotopic (exact) mass is 431 g/mol. The van der Waals surface area contributed by atoms with E-state index in [0.717, 1.165) is 61.5 Å². The summed E-state index contributed by atoms with van der Waals surface area (Å²) in [4.78, 5) is 29.0. The molecule has 1 aromatic heterocycles. The number of aromatic nitrogens is 1. The van der Waals surface area contributed by atoms with E-state index in [1.165, 1.54) is 0 Å². The van der Waals surface area contributed by atoms with Gasteiger partial charge in [0.15, 0.2) is 0 Å². The Morgan fingerprint density at radius 2 is 1.82 bits per heavy atom. The van der Waals surface area contributed by atoms with Crippen LogP contribution in [0.15, 0.2) is 0 Å². The maximum atomic E-state index is 11.9. The highest BCUT2D eigenvalue weighted by Crippen LogP contribution is 2.41. The van der Waals surface area contributed by atoms with Gasteiger partial charge in [0.1, 0.15) is 12.3 Å². The first-order valence-corrected chi connectivity index (χ1v) is 10.7. The Labute approximate surface area is 176 Å². The molecule has 0 atom stereocenters. The predicted molar refractivity (Wildman–Crippen MR) is 110 cm³/mol. The third-order valence-electron chi connectivity index (χ3n) is 5.38. The second-order valence-electron chi connectivity index (χ2n) is 7.24. The van der Waals surface area contributed by atoms with Crippen molar-refractivity contribution in [2.24, 2.45) is 5.73 Å². The second kappa shape index (κ2) is 11.1. The number of amides is 1. The number of halogens is 1. The molecule has 3 N–H and O–H groups in total. The van der Waals surface area contributed by atoms with E-state index in [4.69, 9.17) is 15.2 Å². The lowest BCUT2D eigenvalue weighted by atomic mass is 9.85. The topological polar surface area (TPSA) is 104 Å². The zero-order valence-corrected chi connectivity index (χ0v) is 17.9. The highest BCUT2D eigenvalue weighted by molar-refractivity contribution is 7.12. The molecule has 0 radical (unpaired) electrons. The van der Waals surface area contributed by atoms with Crippen molar-refractivity contribution >= 4 is 35.6 Å². The molecule has 2 aliphatic rings. The third-order valence-corrected chi connectivity index (χ3v) is 6.76. The SMILES string of the molecule is CCOC(=O)CO[C@H]1CC[C@H](c2sc(C3CCNCC3)nc2C(N)=O)CC1.Cl. The maximum Gasteiger partial charge on any atom is 0.332 e. The number of ether oxygens (including phenoxy) is 2. The van der Waals surface area contributed by atoms with Crippen LogP contribution in [0, 0.1) is 0 Å². The minimum absolute atomic E-state index is 0.